The highest BCUT2D eigenvalue weighted by atomic mass is 32.2. The maximum Gasteiger partial charge on any atom is 0.330 e. The molecule has 5 unspecified atom stereocenters. The zero-order valence-corrected chi connectivity index (χ0v) is 10.1. The summed E-state index contributed by atoms with van der Waals surface area (Å²) in [5, 5.41) is 2.67. The van der Waals surface area contributed by atoms with Gasteiger partial charge in [-0.25, -0.2) is 4.79 Å². The fourth-order valence-electron chi connectivity index (χ4n) is 3.11. The van der Waals surface area contributed by atoms with Gasteiger partial charge >= 0.3 is 5.97 Å². The molecule has 0 spiro atoms. The molecule has 3 aliphatic heterocycles. The molecule has 94 valence electrons. The molecule has 3 rings (SSSR count). The van der Waals surface area contributed by atoms with Gasteiger partial charge in [-0.15, -0.1) is 0 Å². The van der Waals surface area contributed by atoms with Crippen LogP contribution < -0.4 is 5.32 Å². The van der Waals surface area contributed by atoms with E-state index in [0.717, 1.165) is 6.08 Å². The summed E-state index contributed by atoms with van der Waals surface area (Å²) in [6.45, 7) is 5.18. The topological polar surface area (TPSA) is 81.7 Å². The van der Waals surface area contributed by atoms with Crippen LogP contribution in [0, 0.1) is 0 Å². The van der Waals surface area contributed by atoms with Crippen molar-refractivity contribution < 1.29 is 22.1 Å². The van der Waals surface area contributed by atoms with E-state index in [-0.39, 0.29) is 6.04 Å². The minimum absolute atomic E-state index is 0.271. The number of hydrogen-bond acceptors (Lipinski definition) is 6. The predicted octanol–water partition coefficient (Wildman–Crippen LogP) is -0.684. The van der Waals surface area contributed by atoms with Gasteiger partial charge in [0.1, 0.15) is 17.5 Å². The van der Waals surface area contributed by atoms with E-state index in [4.69, 9.17) is 8.92 Å². The second-order valence-corrected chi connectivity index (χ2v) is 6.73. The Morgan fingerprint density at radius 3 is 3.00 bits per heavy atom. The molecule has 3 saturated heterocycles. The first kappa shape index (κ1) is 11.2. The first-order chi connectivity index (χ1) is 7.87. The molecule has 7 heteroatoms. The number of nitrogens with one attached hydrogen (secondary N) is 1. The molecule has 17 heavy (non-hydrogen) atoms. The lowest BCUT2D eigenvalue weighted by atomic mass is 9.84. The zero-order valence-electron chi connectivity index (χ0n) is 9.25. The summed E-state index contributed by atoms with van der Waals surface area (Å²) >= 11 is 0. The molecule has 0 saturated carbocycles. The highest BCUT2D eigenvalue weighted by molar-refractivity contribution is 7.87. The normalized spacial score (nSPS) is 49.2. The van der Waals surface area contributed by atoms with Gasteiger partial charge in [0.25, 0.3) is 10.1 Å². The summed E-state index contributed by atoms with van der Waals surface area (Å²) in [6.07, 6.45) is 0.293. The number of rotatable bonds is 2. The summed E-state index contributed by atoms with van der Waals surface area (Å²) < 4.78 is 33.7. The van der Waals surface area contributed by atoms with Gasteiger partial charge in [0.15, 0.2) is 0 Å². The van der Waals surface area contributed by atoms with E-state index in [1.807, 2.05) is 6.92 Å². The minimum atomic E-state index is -3.52. The van der Waals surface area contributed by atoms with Crippen molar-refractivity contribution in [3.8, 4) is 0 Å². The zero-order chi connectivity index (χ0) is 12.4. The van der Waals surface area contributed by atoms with Crippen LogP contribution in [0.1, 0.15) is 13.3 Å². The van der Waals surface area contributed by atoms with Crippen molar-refractivity contribution in [2.24, 2.45) is 0 Å². The molecule has 0 aliphatic carbocycles. The van der Waals surface area contributed by atoms with Crippen molar-refractivity contribution in [1.29, 1.82) is 0 Å². The van der Waals surface area contributed by atoms with Crippen LogP contribution in [0.4, 0.5) is 0 Å². The fraction of sp³-hybridized carbons (Fsp3) is 0.700. The quantitative estimate of drug-likeness (QED) is 0.402. The lowest BCUT2D eigenvalue weighted by molar-refractivity contribution is -0.150. The molecule has 2 bridgehead atoms. The molecule has 3 heterocycles. The van der Waals surface area contributed by atoms with Crippen molar-refractivity contribution in [3.05, 3.63) is 12.7 Å². The fourth-order valence-corrected chi connectivity index (χ4v) is 4.91. The maximum absolute atomic E-state index is 11.7. The van der Waals surface area contributed by atoms with Crippen molar-refractivity contribution >= 4 is 16.1 Å². The van der Waals surface area contributed by atoms with E-state index in [0.29, 0.717) is 6.42 Å². The van der Waals surface area contributed by atoms with Crippen molar-refractivity contribution in [2.75, 3.05) is 0 Å². The number of carbonyl (C=O) groups is 1. The summed E-state index contributed by atoms with van der Waals surface area (Å²) in [5.74, 6) is -0.560. The Kier molecular flexibility index (Phi) is 2.04. The highest BCUT2D eigenvalue weighted by Gasteiger charge is 2.70. The molecule has 0 aromatic carbocycles. The second kappa shape index (κ2) is 3.09. The standard InChI is InChI=1S/C10H13NO5S/c1-3-6(12)15-9-8-7-5(17(13,14)16-8)4-10(9,2)11-7/h3,5,7-9,11H,1,4H2,2H3. The SMILES string of the molecule is C=CC(=O)OC1C2OS(=O)(=O)C3CC1(C)NC23. The first-order valence-corrected chi connectivity index (χ1v) is 6.87. The van der Waals surface area contributed by atoms with Gasteiger partial charge in [-0.3, -0.25) is 4.18 Å². The van der Waals surface area contributed by atoms with E-state index < -0.39 is 39.1 Å². The monoisotopic (exact) mass is 259 g/mol. The third-order valence-electron chi connectivity index (χ3n) is 3.83. The number of carbonyl (C=O) groups excluding carboxylic acids is 1. The minimum Gasteiger partial charge on any atom is -0.454 e. The molecular weight excluding hydrogens is 246 g/mol. The Hall–Kier alpha value is -0.920. The molecule has 0 aromatic rings. The third-order valence-corrected chi connectivity index (χ3v) is 5.52. The summed E-state index contributed by atoms with van der Waals surface area (Å²) in [7, 11) is -3.52. The number of esters is 1. The van der Waals surface area contributed by atoms with Gasteiger partial charge in [-0.1, -0.05) is 6.58 Å². The summed E-state index contributed by atoms with van der Waals surface area (Å²) in [6, 6.07) is -0.271. The lowest BCUT2D eigenvalue weighted by Gasteiger charge is -2.30. The Morgan fingerprint density at radius 1 is 1.65 bits per heavy atom. The molecule has 3 aliphatic rings. The van der Waals surface area contributed by atoms with Gasteiger partial charge in [0.2, 0.25) is 0 Å². The van der Waals surface area contributed by atoms with Gasteiger partial charge < -0.3 is 10.1 Å². The van der Waals surface area contributed by atoms with Crippen molar-refractivity contribution in [3.63, 3.8) is 0 Å². The Bertz CT molecular complexity index is 501. The van der Waals surface area contributed by atoms with Crippen LogP contribution in [0.15, 0.2) is 12.7 Å². The predicted molar refractivity (Wildman–Crippen MR) is 57.6 cm³/mol. The van der Waals surface area contributed by atoms with Crippen LogP contribution in [-0.2, 0) is 23.8 Å². The average Bonchev–Trinajstić information content (AvgIpc) is 2.77. The summed E-state index contributed by atoms with van der Waals surface area (Å²) in [5.41, 5.74) is -0.526. The van der Waals surface area contributed by atoms with Crippen LogP contribution >= 0.6 is 0 Å². The van der Waals surface area contributed by atoms with Gasteiger partial charge in [0.05, 0.1) is 11.6 Å². The highest BCUT2D eigenvalue weighted by Crippen LogP contribution is 2.49. The van der Waals surface area contributed by atoms with E-state index in [9.17, 15) is 13.2 Å². The Labute approximate surface area is 99.1 Å². The van der Waals surface area contributed by atoms with Gasteiger partial charge in [0, 0.05) is 6.08 Å². The van der Waals surface area contributed by atoms with Crippen molar-refractivity contribution in [2.45, 2.75) is 42.4 Å². The van der Waals surface area contributed by atoms with E-state index in [1.165, 1.54) is 0 Å². The number of fused-ring (bicyclic) bond motifs is 1. The van der Waals surface area contributed by atoms with Crippen LogP contribution in [0.3, 0.4) is 0 Å². The molecule has 0 aromatic heterocycles. The average molecular weight is 259 g/mol. The smallest absolute Gasteiger partial charge is 0.330 e. The molecule has 0 radical (unpaired) electrons. The molecule has 0 amide bonds. The number of ether oxygens (including phenoxy) is 1. The van der Waals surface area contributed by atoms with Crippen molar-refractivity contribution in [1.82, 2.24) is 5.32 Å². The third kappa shape index (κ3) is 1.33. The first-order valence-electron chi connectivity index (χ1n) is 5.40. The van der Waals surface area contributed by atoms with Gasteiger partial charge in [-0.2, -0.15) is 8.42 Å². The molecule has 5 atom stereocenters. The van der Waals surface area contributed by atoms with Crippen LogP contribution in [0.25, 0.3) is 0 Å². The van der Waals surface area contributed by atoms with Crippen LogP contribution in [-0.4, -0.2) is 43.4 Å². The molecule has 3 fully saturated rings. The van der Waals surface area contributed by atoms with Crippen LogP contribution in [0.2, 0.25) is 0 Å². The lowest BCUT2D eigenvalue weighted by Crippen LogP contribution is -2.48. The van der Waals surface area contributed by atoms with E-state index in [1.54, 1.807) is 0 Å². The van der Waals surface area contributed by atoms with Gasteiger partial charge in [-0.05, 0) is 13.3 Å². The maximum atomic E-state index is 11.7. The molecule has 6 nitrogen and oxygen atoms in total. The second-order valence-electron chi connectivity index (χ2n) is 4.95. The Balaban J connectivity index is 1.94. The largest absolute Gasteiger partial charge is 0.454 e. The van der Waals surface area contributed by atoms with Crippen LogP contribution in [0.5, 0.6) is 0 Å². The molecule has 1 N–H and O–H groups in total. The molecular formula is C10H13NO5S. The number of hydrogen-bond donors (Lipinski definition) is 1. The Morgan fingerprint density at radius 2 is 2.35 bits per heavy atom. The summed E-state index contributed by atoms with van der Waals surface area (Å²) in [4.78, 5) is 11.2. The van der Waals surface area contributed by atoms with E-state index in [2.05, 4.69) is 11.9 Å². The van der Waals surface area contributed by atoms with E-state index >= 15 is 0 Å².